The van der Waals surface area contributed by atoms with Gasteiger partial charge in [-0.15, -0.1) is 0 Å². The number of hydrogen-bond acceptors (Lipinski definition) is 3. The fourth-order valence-corrected chi connectivity index (χ4v) is 3.70. The Morgan fingerprint density at radius 2 is 2.05 bits per heavy atom. The summed E-state index contributed by atoms with van der Waals surface area (Å²) in [6.45, 7) is 1.35. The highest BCUT2D eigenvalue weighted by atomic mass is 35.5. The van der Waals surface area contributed by atoms with Crippen LogP contribution in [0.1, 0.15) is 18.4 Å². The maximum Gasteiger partial charge on any atom is 0.213 e. The van der Waals surface area contributed by atoms with E-state index < -0.39 is 10.0 Å². The Morgan fingerprint density at radius 1 is 1.32 bits per heavy atom. The first-order valence-electron chi connectivity index (χ1n) is 6.50. The van der Waals surface area contributed by atoms with E-state index in [1.165, 1.54) is 0 Å². The minimum atomic E-state index is -3.18. The van der Waals surface area contributed by atoms with Crippen LogP contribution in [0.25, 0.3) is 0 Å². The molecule has 1 aliphatic rings. The van der Waals surface area contributed by atoms with E-state index >= 15 is 0 Å². The van der Waals surface area contributed by atoms with Gasteiger partial charge in [0.2, 0.25) is 10.0 Å². The monoisotopic (exact) mass is 302 g/mol. The average molecular weight is 303 g/mol. The first-order valence-corrected chi connectivity index (χ1v) is 8.53. The van der Waals surface area contributed by atoms with Gasteiger partial charge in [-0.2, -0.15) is 0 Å². The van der Waals surface area contributed by atoms with Gasteiger partial charge in [-0.05, 0) is 43.5 Å². The third-order valence-electron chi connectivity index (χ3n) is 3.23. The second-order valence-electron chi connectivity index (χ2n) is 4.85. The van der Waals surface area contributed by atoms with Crippen molar-refractivity contribution in [2.24, 2.45) is 0 Å². The predicted molar refractivity (Wildman–Crippen MR) is 78.0 cm³/mol. The highest BCUT2D eigenvalue weighted by Gasteiger charge is 2.21. The summed E-state index contributed by atoms with van der Waals surface area (Å²) in [5.41, 5.74) is 1.08. The molecule has 1 unspecified atom stereocenters. The minimum absolute atomic E-state index is 0.105. The van der Waals surface area contributed by atoms with E-state index in [9.17, 15) is 8.42 Å². The van der Waals surface area contributed by atoms with Crippen LogP contribution in [0.5, 0.6) is 0 Å². The summed E-state index contributed by atoms with van der Waals surface area (Å²) in [6.07, 6.45) is 2.68. The predicted octanol–water partition coefficient (Wildman–Crippen LogP) is 1.55. The van der Waals surface area contributed by atoms with E-state index in [1.807, 2.05) is 24.3 Å². The van der Waals surface area contributed by atoms with Gasteiger partial charge in [0.25, 0.3) is 0 Å². The highest BCUT2D eigenvalue weighted by Crippen LogP contribution is 2.10. The number of nitrogens with one attached hydrogen (secondary N) is 2. The van der Waals surface area contributed by atoms with Crippen LogP contribution in [0.3, 0.4) is 0 Å². The van der Waals surface area contributed by atoms with Crippen LogP contribution in [0.4, 0.5) is 0 Å². The van der Waals surface area contributed by atoms with E-state index in [4.69, 9.17) is 11.6 Å². The Bertz CT molecular complexity index is 496. The van der Waals surface area contributed by atoms with E-state index in [0.717, 1.165) is 24.9 Å². The van der Waals surface area contributed by atoms with Crippen molar-refractivity contribution in [3.05, 3.63) is 34.9 Å². The first kappa shape index (κ1) is 14.8. The van der Waals surface area contributed by atoms with Crippen molar-refractivity contribution >= 4 is 21.6 Å². The summed E-state index contributed by atoms with van der Waals surface area (Å²) in [5.74, 6) is 0.174. The lowest BCUT2D eigenvalue weighted by molar-refractivity contribution is 0.564. The summed E-state index contributed by atoms with van der Waals surface area (Å²) in [6, 6.07) is 7.56. The largest absolute Gasteiger partial charge is 0.313 e. The van der Waals surface area contributed by atoms with Gasteiger partial charge in [-0.3, -0.25) is 0 Å². The lowest BCUT2D eigenvalue weighted by Crippen LogP contribution is -2.37. The Morgan fingerprint density at radius 3 is 2.68 bits per heavy atom. The quantitative estimate of drug-likeness (QED) is 0.838. The Hall–Kier alpha value is -0.620. The van der Waals surface area contributed by atoms with Crippen molar-refractivity contribution in [1.29, 1.82) is 0 Å². The molecule has 106 valence electrons. The van der Waals surface area contributed by atoms with Gasteiger partial charge in [0.15, 0.2) is 0 Å². The average Bonchev–Trinajstić information content (AvgIpc) is 2.83. The fraction of sp³-hybridized carbons (Fsp3) is 0.538. The molecular formula is C13H19ClN2O2S. The molecule has 1 aliphatic heterocycles. The molecule has 19 heavy (non-hydrogen) atoms. The van der Waals surface area contributed by atoms with Crippen LogP contribution in [0.15, 0.2) is 24.3 Å². The Kier molecular flexibility index (Phi) is 5.21. The van der Waals surface area contributed by atoms with E-state index in [1.54, 1.807) is 0 Å². The van der Waals surface area contributed by atoms with Gasteiger partial charge in [0.1, 0.15) is 0 Å². The van der Waals surface area contributed by atoms with Gasteiger partial charge >= 0.3 is 0 Å². The minimum Gasteiger partial charge on any atom is -0.313 e. The molecule has 0 radical (unpaired) electrons. The zero-order valence-electron chi connectivity index (χ0n) is 10.7. The third-order valence-corrected chi connectivity index (χ3v) is 4.97. The lowest BCUT2D eigenvalue weighted by atomic mass is 10.2. The van der Waals surface area contributed by atoms with Crippen LogP contribution < -0.4 is 10.0 Å². The number of halogens is 1. The molecule has 6 heteroatoms. The summed E-state index contributed by atoms with van der Waals surface area (Å²) in [7, 11) is -3.18. The summed E-state index contributed by atoms with van der Waals surface area (Å²) < 4.78 is 26.4. The molecule has 1 saturated heterocycles. The van der Waals surface area contributed by atoms with Gasteiger partial charge in [-0.1, -0.05) is 23.7 Å². The van der Waals surface area contributed by atoms with E-state index in [-0.39, 0.29) is 11.8 Å². The molecule has 0 spiro atoms. The molecule has 0 bridgehead atoms. The summed E-state index contributed by atoms with van der Waals surface area (Å²) in [5, 5.41) is 3.88. The van der Waals surface area contributed by atoms with Gasteiger partial charge in [-0.25, -0.2) is 13.1 Å². The van der Waals surface area contributed by atoms with Gasteiger partial charge in [0.05, 0.1) is 5.75 Å². The van der Waals surface area contributed by atoms with Crippen LogP contribution in [0, 0.1) is 0 Å². The molecule has 1 fully saturated rings. The normalized spacial score (nSPS) is 19.7. The molecule has 0 amide bonds. The van der Waals surface area contributed by atoms with Crippen molar-refractivity contribution in [2.45, 2.75) is 25.3 Å². The third kappa shape index (κ3) is 5.10. The Labute approximate surface area is 119 Å². The number of rotatable bonds is 6. The molecule has 1 heterocycles. The topological polar surface area (TPSA) is 58.2 Å². The molecule has 1 aromatic rings. The first-order chi connectivity index (χ1) is 9.05. The zero-order valence-corrected chi connectivity index (χ0v) is 12.3. The number of benzene rings is 1. The van der Waals surface area contributed by atoms with Crippen LogP contribution in [0.2, 0.25) is 5.02 Å². The molecule has 1 atom stereocenters. The Balaban J connectivity index is 1.76. The molecule has 2 rings (SSSR count). The maximum absolute atomic E-state index is 11.9. The van der Waals surface area contributed by atoms with Crippen molar-refractivity contribution in [3.63, 3.8) is 0 Å². The molecule has 2 N–H and O–H groups in total. The maximum atomic E-state index is 11.9. The molecule has 0 aliphatic carbocycles. The zero-order chi connectivity index (χ0) is 13.7. The number of sulfonamides is 1. The van der Waals surface area contributed by atoms with Gasteiger partial charge < -0.3 is 5.32 Å². The molecule has 0 aromatic heterocycles. The summed E-state index contributed by atoms with van der Waals surface area (Å²) >= 11 is 5.79. The lowest BCUT2D eigenvalue weighted by Gasteiger charge is -2.11. The summed E-state index contributed by atoms with van der Waals surface area (Å²) in [4.78, 5) is 0. The fourth-order valence-electron chi connectivity index (χ4n) is 2.22. The van der Waals surface area contributed by atoms with Gasteiger partial charge in [0, 0.05) is 17.6 Å². The van der Waals surface area contributed by atoms with Crippen molar-refractivity contribution in [1.82, 2.24) is 10.0 Å². The molecular weight excluding hydrogens is 284 g/mol. The smallest absolute Gasteiger partial charge is 0.213 e. The molecule has 4 nitrogen and oxygen atoms in total. The second-order valence-corrected chi connectivity index (χ2v) is 7.13. The number of hydrogen-bond donors (Lipinski definition) is 2. The van der Waals surface area contributed by atoms with E-state index in [2.05, 4.69) is 10.0 Å². The van der Waals surface area contributed by atoms with Crippen LogP contribution >= 0.6 is 11.6 Å². The second kappa shape index (κ2) is 6.70. The van der Waals surface area contributed by atoms with Crippen LogP contribution in [-0.4, -0.2) is 33.3 Å². The molecule has 1 aromatic carbocycles. The highest BCUT2D eigenvalue weighted by molar-refractivity contribution is 7.89. The molecule has 0 saturated carbocycles. The van der Waals surface area contributed by atoms with Crippen molar-refractivity contribution in [2.75, 3.05) is 18.8 Å². The van der Waals surface area contributed by atoms with E-state index in [0.29, 0.717) is 18.0 Å². The standard InChI is InChI=1S/C13H19ClN2O2S/c14-12-5-3-11(4-6-12)7-9-16-19(17,18)10-13-2-1-8-15-13/h3-6,13,15-16H,1-2,7-10H2. The SMILES string of the molecule is O=S(=O)(CC1CCCN1)NCCc1ccc(Cl)cc1. The van der Waals surface area contributed by atoms with Crippen molar-refractivity contribution in [3.8, 4) is 0 Å². The van der Waals surface area contributed by atoms with Crippen molar-refractivity contribution < 1.29 is 8.42 Å². The van der Waals surface area contributed by atoms with Crippen LogP contribution in [-0.2, 0) is 16.4 Å².